The lowest BCUT2D eigenvalue weighted by Crippen LogP contribution is -2.02. The van der Waals surface area contributed by atoms with Crippen LogP contribution in [0.5, 0.6) is 0 Å². The molecular weight excluding hydrogens is 1100 g/mol. The lowest BCUT2D eigenvalue weighted by Gasteiger charge is -2.20. The highest BCUT2D eigenvalue weighted by Crippen LogP contribution is 2.45. The molecule has 1 aliphatic carbocycles. The maximum absolute atomic E-state index is 6.78. The summed E-state index contributed by atoms with van der Waals surface area (Å²) in [5.74, 6) is 0.381. The first-order valence-corrected chi connectivity index (χ1v) is 30.5. The number of aliphatic imine (C=N–C) groups is 2. The molecule has 0 spiro atoms. The van der Waals surface area contributed by atoms with Gasteiger partial charge >= 0.3 is 0 Å². The molecule has 7 heteroatoms. The maximum Gasteiger partial charge on any atom is 0.135 e. The summed E-state index contributed by atoms with van der Waals surface area (Å²) < 4.78 is 11.6. The first-order chi connectivity index (χ1) is 44.5. The van der Waals surface area contributed by atoms with Crippen LogP contribution >= 0.6 is 0 Å². The molecule has 0 saturated carbocycles. The van der Waals surface area contributed by atoms with Crippen molar-refractivity contribution >= 4 is 88.1 Å². The Morgan fingerprint density at radius 2 is 0.833 bits per heavy atom. The summed E-state index contributed by atoms with van der Waals surface area (Å²) in [6.07, 6.45) is 24.7. The first-order valence-electron chi connectivity index (χ1n) is 30.5. The molecule has 7 heterocycles. The number of hydrogen-bond donors (Lipinski definition) is 0. The zero-order chi connectivity index (χ0) is 59.7. The van der Waals surface area contributed by atoms with Gasteiger partial charge in [-0.25, -0.2) is 0 Å². The van der Waals surface area contributed by atoms with Crippen molar-refractivity contribution in [1.82, 2.24) is 19.1 Å². The van der Waals surface area contributed by atoms with E-state index in [2.05, 4.69) is 240 Å². The van der Waals surface area contributed by atoms with E-state index in [-0.39, 0.29) is 0 Å². The van der Waals surface area contributed by atoms with E-state index < -0.39 is 0 Å². The summed E-state index contributed by atoms with van der Waals surface area (Å²) in [6.45, 7) is 2.29. The summed E-state index contributed by atoms with van der Waals surface area (Å²) in [7, 11) is 0. The highest BCUT2D eigenvalue weighted by Gasteiger charge is 2.24. The predicted molar refractivity (Wildman–Crippen MR) is 373 cm³/mol. The number of pyridine rings is 2. The van der Waals surface area contributed by atoms with Crippen LogP contribution in [0, 0.1) is 5.92 Å². The average Bonchev–Trinajstić information content (AvgIpc) is 1.61. The van der Waals surface area contributed by atoms with Gasteiger partial charge in [0.25, 0.3) is 0 Å². The number of rotatable bonds is 10. The molecule has 17 rings (SSSR count). The largest absolute Gasteiger partial charge is 0.456 e. The van der Waals surface area contributed by atoms with Gasteiger partial charge in [-0.1, -0.05) is 128 Å². The van der Waals surface area contributed by atoms with Gasteiger partial charge in [0.1, 0.15) is 11.2 Å². The number of fused-ring (bicyclic) bond motifs is 9. The highest BCUT2D eigenvalue weighted by molar-refractivity contribution is 6.18. The summed E-state index contributed by atoms with van der Waals surface area (Å²) in [4.78, 5) is 19.3. The Bertz CT molecular complexity index is 5670. The molecule has 14 aromatic rings. The molecule has 0 fully saturated rings. The van der Waals surface area contributed by atoms with Crippen molar-refractivity contribution in [3.8, 4) is 56.0 Å². The molecule has 2 aliphatic heterocycles. The molecule has 422 valence electrons. The van der Waals surface area contributed by atoms with Gasteiger partial charge in [-0.2, -0.15) is 0 Å². The van der Waals surface area contributed by atoms with E-state index in [1.807, 2.05) is 79.4 Å². The quantitative estimate of drug-likeness (QED) is 0.128. The van der Waals surface area contributed by atoms with Crippen LogP contribution in [0.1, 0.15) is 35.7 Å². The van der Waals surface area contributed by atoms with Crippen LogP contribution < -0.4 is 0 Å². The minimum Gasteiger partial charge on any atom is -0.456 e. The van der Waals surface area contributed by atoms with Crippen molar-refractivity contribution in [3.05, 3.63) is 326 Å². The molecule has 0 radical (unpaired) electrons. The third-order valence-electron chi connectivity index (χ3n) is 17.8. The number of benzene rings is 9. The fraction of sp³-hybridized carbons (Fsp3) is 0.0361. The van der Waals surface area contributed by atoms with E-state index in [1.54, 1.807) is 0 Å². The van der Waals surface area contributed by atoms with Gasteiger partial charge in [-0.3, -0.25) is 20.0 Å². The number of nitrogens with zero attached hydrogens (tertiary/aromatic N) is 6. The van der Waals surface area contributed by atoms with Crippen LogP contribution in [-0.4, -0.2) is 30.5 Å². The van der Waals surface area contributed by atoms with Gasteiger partial charge in [-0.05, 0) is 190 Å². The lowest BCUT2D eigenvalue weighted by molar-refractivity contribution is 0.669. The highest BCUT2D eigenvalue weighted by atomic mass is 16.3. The van der Waals surface area contributed by atoms with E-state index in [0.29, 0.717) is 5.92 Å². The summed E-state index contributed by atoms with van der Waals surface area (Å²) in [5, 5.41) is 6.63. The minimum absolute atomic E-state index is 0.381. The maximum atomic E-state index is 6.78. The molecule has 7 nitrogen and oxygen atoms in total. The molecule has 0 saturated heterocycles. The monoisotopic (exact) mass is 1150 g/mol. The van der Waals surface area contributed by atoms with E-state index >= 15 is 0 Å². The van der Waals surface area contributed by atoms with E-state index in [0.717, 1.165) is 167 Å². The number of hydrogen-bond acceptors (Lipinski definition) is 5. The molecule has 1 atom stereocenters. The van der Waals surface area contributed by atoms with Crippen LogP contribution in [0.3, 0.4) is 0 Å². The van der Waals surface area contributed by atoms with Crippen molar-refractivity contribution in [1.29, 1.82) is 0 Å². The van der Waals surface area contributed by atoms with Crippen molar-refractivity contribution in [2.75, 3.05) is 0 Å². The topological polar surface area (TPSA) is 73.5 Å². The van der Waals surface area contributed by atoms with Gasteiger partial charge in [0.15, 0.2) is 0 Å². The van der Waals surface area contributed by atoms with Gasteiger partial charge in [0, 0.05) is 103 Å². The second-order valence-electron chi connectivity index (χ2n) is 23.2. The van der Waals surface area contributed by atoms with Gasteiger partial charge in [0.05, 0.1) is 44.9 Å². The first kappa shape index (κ1) is 52.4. The average molecular weight is 1150 g/mol. The van der Waals surface area contributed by atoms with E-state index in [1.165, 1.54) is 5.57 Å². The zero-order valence-corrected chi connectivity index (χ0v) is 49.1. The molecule has 0 N–H and O–H groups in total. The van der Waals surface area contributed by atoms with Crippen molar-refractivity contribution < 1.29 is 4.42 Å². The fourth-order valence-electron chi connectivity index (χ4n) is 13.6. The number of furan rings is 1. The summed E-state index contributed by atoms with van der Waals surface area (Å²) >= 11 is 0. The summed E-state index contributed by atoms with van der Waals surface area (Å²) in [6, 6.07) is 78.8. The Hall–Kier alpha value is -12.0. The van der Waals surface area contributed by atoms with Gasteiger partial charge in [0.2, 0.25) is 0 Å². The Morgan fingerprint density at radius 1 is 0.400 bits per heavy atom. The second kappa shape index (κ2) is 21.8. The van der Waals surface area contributed by atoms with Gasteiger partial charge in [-0.15, -0.1) is 11.5 Å². The normalized spacial score (nSPS) is 14.7. The molecule has 9 aromatic carbocycles. The molecule has 0 bridgehead atoms. The molecule has 90 heavy (non-hydrogen) atoms. The third kappa shape index (κ3) is 9.00. The SMILES string of the molecule is CC1C=C(c2ccc3c(c2)c2cc(-c4ccccc4C4=NC=CC=C=C4)ccc2n3-c2ccc3oc4ccc(-n5c6ccc(-c7ccccc7C7=NC=CC=C=C7)cc6c6cc(-c7ccccc7-c7ccccn7)ccc65)cc4c3c2)C(c2ccccn2)=CC1. The Balaban J connectivity index is 0.843. The van der Waals surface area contributed by atoms with Crippen LogP contribution in [0.15, 0.2) is 318 Å². The summed E-state index contributed by atoms with van der Waals surface area (Å²) in [5.41, 5.74) is 31.6. The molecule has 5 aromatic heterocycles. The third-order valence-corrected chi connectivity index (χ3v) is 17.8. The predicted octanol–water partition coefficient (Wildman–Crippen LogP) is 20.8. The van der Waals surface area contributed by atoms with Crippen LogP contribution in [0.25, 0.3) is 133 Å². The fourth-order valence-corrected chi connectivity index (χ4v) is 13.6. The minimum atomic E-state index is 0.381. The van der Waals surface area contributed by atoms with Crippen LogP contribution in [-0.2, 0) is 0 Å². The van der Waals surface area contributed by atoms with Gasteiger partial charge < -0.3 is 13.6 Å². The standard InChI is InChI=1S/C83H54N6O/c1-53-28-35-66(77-27-13-17-45-87-77)67(46-53)57-32-39-81-71(50-57)70-49-56(61-19-7-10-22-64(61)75-25-5-3-15-43-85-75)31-38-80(70)89(81)59-34-41-83-73(52-59)72-51-58(33-40-82(72)90-83)88-78-36-29-54(60-18-6-9-21-63(60)74-24-4-2-14-42-84-74)47-68(78)69-48-55(30-37-79(69)88)62-20-8-11-23-65(62)76-26-12-16-44-86-76/h2-3,6-27,29-53H,28H2,1H3. The molecule has 0 amide bonds. The van der Waals surface area contributed by atoms with Crippen molar-refractivity contribution in [2.24, 2.45) is 15.9 Å². The number of allylic oxidation sites excluding steroid dienone is 8. The van der Waals surface area contributed by atoms with E-state index in [4.69, 9.17) is 24.4 Å². The Labute approximate surface area is 519 Å². The smallest absolute Gasteiger partial charge is 0.135 e. The van der Waals surface area contributed by atoms with Crippen LogP contribution in [0.2, 0.25) is 0 Å². The van der Waals surface area contributed by atoms with Crippen molar-refractivity contribution in [2.45, 2.75) is 13.3 Å². The molecule has 1 unspecified atom stereocenters. The second-order valence-corrected chi connectivity index (χ2v) is 23.2. The molecular formula is C83H54N6O. The Kier molecular flexibility index (Phi) is 12.7. The van der Waals surface area contributed by atoms with Crippen LogP contribution in [0.4, 0.5) is 0 Å². The van der Waals surface area contributed by atoms with Crippen molar-refractivity contribution in [3.63, 3.8) is 0 Å². The van der Waals surface area contributed by atoms with E-state index in [9.17, 15) is 0 Å². The zero-order valence-electron chi connectivity index (χ0n) is 49.1. The lowest BCUT2D eigenvalue weighted by atomic mass is 9.85. The number of aromatic nitrogens is 4. The molecule has 3 aliphatic rings. The Morgan fingerprint density at radius 3 is 1.32 bits per heavy atom.